The van der Waals surface area contributed by atoms with Gasteiger partial charge >= 0.3 is 11.9 Å². The number of carboxylic acids is 1. The van der Waals surface area contributed by atoms with Gasteiger partial charge < -0.3 is 41.6 Å². The van der Waals surface area contributed by atoms with Crippen molar-refractivity contribution in [1.29, 1.82) is 0 Å². The first kappa shape index (κ1) is 33.5. The fraction of sp³-hybridized carbons (Fsp3) is 0.609. The molecule has 0 aliphatic rings. The molecule has 1 heterocycles. The maximum Gasteiger partial charge on any atom is 0.321 e. The van der Waals surface area contributed by atoms with E-state index in [-0.39, 0.29) is 43.4 Å². The predicted octanol–water partition coefficient (Wildman–Crippen LogP) is -1.93. The summed E-state index contributed by atoms with van der Waals surface area (Å²) in [6, 6.07) is -1.42. The molecule has 0 saturated heterocycles. The Labute approximate surface area is 229 Å². The van der Waals surface area contributed by atoms with Gasteiger partial charge in [-0.1, -0.05) is 25.6 Å². The second-order valence-corrected chi connectivity index (χ2v) is 10.3. The molecule has 0 aromatic carbocycles. The minimum Gasteiger partial charge on any atom is -0.480 e. The van der Waals surface area contributed by atoms with Crippen molar-refractivity contribution < 1.29 is 43.7 Å². The molecular formula is C23H36N6O9S. The lowest BCUT2D eigenvalue weighted by Gasteiger charge is -2.29. The molecule has 8 N–H and O–H groups in total. The molecule has 0 fully saturated rings. The summed E-state index contributed by atoms with van der Waals surface area (Å²) in [6.07, 6.45) is 1.25. The van der Waals surface area contributed by atoms with Crippen LogP contribution in [0.3, 0.4) is 0 Å². The second kappa shape index (κ2) is 17.2. The van der Waals surface area contributed by atoms with E-state index in [1.807, 2.05) is 0 Å². The monoisotopic (exact) mass is 572 g/mol. The summed E-state index contributed by atoms with van der Waals surface area (Å²) in [7, 11) is 0. The average molecular weight is 573 g/mol. The largest absolute Gasteiger partial charge is 0.480 e. The van der Waals surface area contributed by atoms with Gasteiger partial charge in [0.15, 0.2) is 5.12 Å². The molecule has 1 rings (SSSR count). The van der Waals surface area contributed by atoms with Gasteiger partial charge in [0.25, 0.3) is 0 Å². The van der Waals surface area contributed by atoms with Gasteiger partial charge in [-0.25, -0.2) is 4.98 Å². The molecule has 3 amide bonds. The fourth-order valence-electron chi connectivity index (χ4n) is 2.87. The fourth-order valence-corrected chi connectivity index (χ4v) is 3.53. The topological polar surface area (TPSA) is 243 Å². The number of aliphatic hydroxyl groups is 1. The number of H-pyrrole nitrogens is 1. The molecule has 0 saturated carbocycles. The molecule has 0 aliphatic carbocycles. The normalized spacial score (nSPS) is 12.6. The molecule has 2 atom stereocenters. The van der Waals surface area contributed by atoms with Gasteiger partial charge in [-0.3, -0.25) is 28.8 Å². The van der Waals surface area contributed by atoms with E-state index in [2.05, 4.69) is 25.9 Å². The van der Waals surface area contributed by atoms with Gasteiger partial charge in [-0.2, -0.15) is 0 Å². The third kappa shape index (κ3) is 14.3. The number of nitrogens with two attached hydrogens (primary N) is 1. The molecule has 16 heteroatoms. The second-order valence-electron chi connectivity index (χ2n) is 9.17. The molecule has 1 aromatic rings. The predicted molar refractivity (Wildman–Crippen MR) is 139 cm³/mol. The first-order valence-electron chi connectivity index (χ1n) is 12.1. The van der Waals surface area contributed by atoms with Crippen molar-refractivity contribution in [3.8, 4) is 0 Å². The van der Waals surface area contributed by atoms with Crippen LogP contribution in [0.25, 0.3) is 0 Å². The van der Waals surface area contributed by atoms with Crippen LogP contribution < -0.4 is 21.7 Å². The van der Waals surface area contributed by atoms with E-state index >= 15 is 0 Å². The summed E-state index contributed by atoms with van der Waals surface area (Å²) in [6.45, 7) is 3.05. The molecule has 0 aliphatic heterocycles. The van der Waals surface area contributed by atoms with Gasteiger partial charge in [-0.05, 0) is 0 Å². The van der Waals surface area contributed by atoms with E-state index in [1.54, 1.807) is 6.20 Å². The molecule has 15 nitrogen and oxygen atoms in total. The van der Waals surface area contributed by atoms with Gasteiger partial charge in [-0.15, -0.1) is 0 Å². The minimum atomic E-state index is -1.58. The molecule has 0 unspecified atom stereocenters. The number of amides is 3. The van der Waals surface area contributed by atoms with Crippen LogP contribution >= 0.6 is 11.8 Å². The average Bonchev–Trinajstić information content (AvgIpc) is 3.38. The lowest BCUT2D eigenvalue weighted by molar-refractivity contribution is -0.155. The van der Waals surface area contributed by atoms with Gasteiger partial charge in [0.05, 0.1) is 25.8 Å². The lowest BCUT2D eigenvalue weighted by Crippen LogP contribution is -2.47. The molecule has 218 valence electrons. The van der Waals surface area contributed by atoms with Crippen LogP contribution in [-0.4, -0.2) is 99.1 Å². The van der Waals surface area contributed by atoms with Crippen molar-refractivity contribution in [3.05, 3.63) is 18.2 Å². The number of hydrogen-bond acceptors (Lipinski definition) is 11. The van der Waals surface area contributed by atoms with E-state index in [0.29, 0.717) is 13.0 Å². The number of nitrogens with one attached hydrogen (secondary N) is 4. The summed E-state index contributed by atoms with van der Waals surface area (Å²) >= 11 is 0.919. The number of hydrogen-bond donors (Lipinski definition) is 7. The van der Waals surface area contributed by atoms with E-state index in [0.717, 1.165) is 17.5 Å². The zero-order valence-corrected chi connectivity index (χ0v) is 22.7. The summed E-state index contributed by atoms with van der Waals surface area (Å²) in [5.74, 6) is -3.54. The highest BCUT2D eigenvalue weighted by molar-refractivity contribution is 8.13. The van der Waals surface area contributed by atoms with E-state index in [1.165, 1.54) is 20.2 Å². The van der Waals surface area contributed by atoms with Gasteiger partial charge in [0, 0.05) is 55.5 Å². The highest BCUT2D eigenvalue weighted by Gasteiger charge is 2.35. The van der Waals surface area contributed by atoms with E-state index in [4.69, 9.17) is 15.6 Å². The number of rotatable bonds is 18. The van der Waals surface area contributed by atoms with E-state index in [9.17, 15) is 33.9 Å². The number of aliphatic hydroxyl groups excluding tert-OH is 1. The molecule has 39 heavy (non-hydrogen) atoms. The van der Waals surface area contributed by atoms with Crippen LogP contribution in [0.2, 0.25) is 0 Å². The number of aromatic nitrogens is 2. The Balaban J connectivity index is 2.17. The Hall–Kier alpha value is -3.50. The van der Waals surface area contributed by atoms with Crippen LogP contribution in [0.15, 0.2) is 12.5 Å². The number of ether oxygens (including phenoxy) is 1. The number of aliphatic carboxylic acids is 1. The summed E-state index contributed by atoms with van der Waals surface area (Å²) in [5.41, 5.74) is 4.93. The molecule has 0 spiro atoms. The van der Waals surface area contributed by atoms with Crippen LogP contribution in [0, 0.1) is 5.41 Å². The van der Waals surface area contributed by atoms with Crippen LogP contribution in [-0.2, 0) is 39.9 Å². The number of carboxylic acid groups (broad SMARTS) is 1. The summed E-state index contributed by atoms with van der Waals surface area (Å²) < 4.78 is 4.93. The molecule has 0 bridgehead atoms. The van der Waals surface area contributed by atoms with Crippen molar-refractivity contribution in [2.45, 2.75) is 51.7 Å². The Morgan fingerprint density at radius 2 is 1.79 bits per heavy atom. The number of nitrogens with zero attached hydrogens (tertiary/aromatic N) is 1. The Morgan fingerprint density at radius 3 is 2.44 bits per heavy atom. The minimum absolute atomic E-state index is 0.0736. The van der Waals surface area contributed by atoms with Gasteiger partial charge in [0.2, 0.25) is 17.7 Å². The van der Waals surface area contributed by atoms with Crippen molar-refractivity contribution >= 4 is 46.5 Å². The lowest BCUT2D eigenvalue weighted by atomic mass is 9.87. The first-order chi connectivity index (χ1) is 18.3. The third-order valence-corrected chi connectivity index (χ3v) is 6.09. The Morgan fingerprint density at radius 1 is 1.10 bits per heavy atom. The van der Waals surface area contributed by atoms with E-state index < -0.39 is 53.6 Å². The Kier molecular flexibility index (Phi) is 14.8. The molecular weight excluding hydrogens is 536 g/mol. The number of carbonyl (C=O) groups excluding carboxylic acids is 5. The maximum absolute atomic E-state index is 12.2. The number of carbonyl (C=O) groups is 6. The number of esters is 1. The standard InChI is InChI=1S/C23H36N6O9S/c1-23(2,12-38-18(32)9-15(24)22(36)37)20(34)21(35)28-6-4-16(30)27-7-8-39-19(33)10-17(31)26-5-3-14-11-25-13-29-14/h11,13,15,20,34H,3-10,12,24H2,1-2H3,(H,25,29)(H,26,31)(H,27,30)(H,28,35)(H,36,37)/t15-,20-/m0/s1. The smallest absolute Gasteiger partial charge is 0.321 e. The zero-order valence-electron chi connectivity index (χ0n) is 21.9. The first-order valence-corrected chi connectivity index (χ1v) is 13.1. The van der Waals surface area contributed by atoms with Crippen molar-refractivity contribution in [3.63, 3.8) is 0 Å². The summed E-state index contributed by atoms with van der Waals surface area (Å²) in [4.78, 5) is 77.0. The van der Waals surface area contributed by atoms with Crippen molar-refractivity contribution in [1.82, 2.24) is 25.9 Å². The van der Waals surface area contributed by atoms with Crippen LogP contribution in [0.5, 0.6) is 0 Å². The SMILES string of the molecule is CC(C)(COC(=O)C[C@H](N)C(=O)O)[C@@H](O)C(=O)NCCC(=O)NCCSC(=O)CC(=O)NCCc1cnc[nH]1. The van der Waals surface area contributed by atoms with Crippen LogP contribution in [0.1, 0.15) is 38.8 Å². The molecule has 0 radical (unpaired) electrons. The zero-order chi connectivity index (χ0) is 29.4. The van der Waals surface area contributed by atoms with Gasteiger partial charge in [0.1, 0.15) is 12.1 Å². The Bertz CT molecular complexity index is 987. The number of imidazole rings is 1. The summed E-state index contributed by atoms with van der Waals surface area (Å²) in [5, 5.41) is 26.3. The quantitative estimate of drug-likeness (QED) is 0.0578. The third-order valence-electron chi connectivity index (χ3n) is 5.21. The maximum atomic E-state index is 12.2. The number of thioether (sulfide) groups is 1. The van der Waals surface area contributed by atoms with Crippen LogP contribution in [0.4, 0.5) is 0 Å². The van der Waals surface area contributed by atoms with Crippen molar-refractivity contribution in [2.24, 2.45) is 11.1 Å². The highest BCUT2D eigenvalue weighted by atomic mass is 32.2. The number of aromatic amines is 1. The highest BCUT2D eigenvalue weighted by Crippen LogP contribution is 2.21. The van der Waals surface area contributed by atoms with Crippen molar-refractivity contribution in [2.75, 3.05) is 32.0 Å². The molecule has 1 aromatic heterocycles.